The van der Waals surface area contributed by atoms with Crippen molar-refractivity contribution >= 4 is 17.5 Å². The van der Waals surface area contributed by atoms with Crippen LogP contribution in [0, 0.1) is 11.3 Å². The molecule has 1 aliphatic rings. The summed E-state index contributed by atoms with van der Waals surface area (Å²) in [6.45, 7) is 1.99. The van der Waals surface area contributed by atoms with Gasteiger partial charge in [0.25, 0.3) is 5.91 Å². The first-order valence-corrected chi connectivity index (χ1v) is 6.86. The number of aromatic nitrogens is 1. The second-order valence-electron chi connectivity index (χ2n) is 4.87. The van der Waals surface area contributed by atoms with Crippen LogP contribution >= 0.6 is 11.6 Å². The smallest absolute Gasteiger partial charge is 0.267 e. The van der Waals surface area contributed by atoms with E-state index in [1.807, 2.05) is 17.0 Å². The van der Waals surface area contributed by atoms with Crippen molar-refractivity contribution in [2.24, 2.45) is 0 Å². The zero-order chi connectivity index (χ0) is 15.4. The number of hydrogen-bond acceptors (Lipinski definition) is 5. The quantitative estimate of drug-likeness (QED) is 0.512. The molecule has 6 nitrogen and oxygen atoms in total. The SMILES string of the molecule is CN(C)C(=O)/C(C#N)=C1\NCCN1Cc1ccc(Cl)nc1. The fourth-order valence-corrected chi connectivity index (χ4v) is 2.20. The van der Waals surface area contributed by atoms with Crippen LogP contribution in [0.15, 0.2) is 29.7 Å². The number of rotatable bonds is 3. The highest BCUT2D eigenvalue weighted by Crippen LogP contribution is 2.17. The number of halogens is 1. The molecule has 110 valence electrons. The molecule has 0 radical (unpaired) electrons. The summed E-state index contributed by atoms with van der Waals surface area (Å²) < 4.78 is 0. The van der Waals surface area contributed by atoms with E-state index in [0.29, 0.717) is 24.1 Å². The molecule has 0 aliphatic carbocycles. The zero-order valence-electron chi connectivity index (χ0n) is 11.9. The molecule has 2 rings (SSSR count). The summed E-state index contributed by atoms with van der Waals surface area (Å²) >= 11 is 5.77. The van der Waals surface area contributed by atoms with Crippen molar-refractivity contribution in [2.45, 2.75) is 6.54 Å². The van der Waals surface area contributed by atoms with Gasteiger partial charge in [0.2, 0.25) is 0 Å². The molecule has 1 aliphatic heterocycles. The molecule has 0 aromatic carbocycles. The van der Waals surface area contributed by atoms with Crippen molar-refractivity contribution < 1.29 is 4.79 Å². The monoisotopic (exact) mass is 305 g/mol. The summed E-state index contributed by atoms with van der Waals surface area (Å²) in [4.78, 5) is 19.4. The van der Waals surface area contributed by atoms with Crippen molar-refractivity contribution in [2.75, 3.05) is 27.2 Å². The minimum absolute atomic E-state index is 0.124. The Morgan fingerprint density at radius 2 is 2.33 bits per heavy atom. The van der Waals surface area contributed by atoms with Crippen molar-refractivity contribution in [1.29, 1.82) is 5.26 Å². The molecule has 0 bridgehead atoms. The van der Waals surface area contributed by atoms with Crippen molar-refractivity contribution in [3.8, 4) is 6.07 Å². The van der Waals surface area contributed by atoms with E-state index < -0.39 is 0 Å². The minimum Gasteiger partial charge on any atom is -0.369 e. The number of nitriles is 1. The van der Waals surface area contributed by atoms with E-state index in [4.69, 9.17) is 11.6 Å². The molecule has 1 amide bonds. The lowest BCUT2D eigenvalue weighted by atomic mass is 10.2. The third kappa shape index (κ3) is 3.44. The summed E-state index contributed by atoms with van der Waals surface area (Å²) in [5.41, 5.74) is 1.09. The minimum atomic E-state index is -0.305. The van der Waals surface area contributed by atoms with E-state index in [0.717, 1.165) is 12.1 Å². The van der Waals surface area contributed by atoms with Crippen LogP contribution in [0.25, 0.3) is 0 Å². The molecule has 7 heteroatoms. The third-order valence-corrected chi connectivity index (χ3v) is 3.34. The topological polar surface area (TPSA) is 72.3 Å². The van der Waals surface area contributed by atoms with Crippen molar-refractivity contribution in [3.63, 3.8) is 0 Å². The van der Waals surface area contributed by atoms with Gasteiger partial charge in [-0.2, -0.15) is 5.26 Å². The first kappa shape index (κ1) is 15.1. The van der Waals surface area contributed by atoms with Gasteiger partial charge in [-0.15, -0.1) is 0 Å². The molecule has 1 fully saturated rings. The van der Waals surface area contributed by atoms with Crippen molar-refractivity contribution in [1.82, 2.24) is 20.1 Å². The predicted octanol–water partition coefficient (Wildman–Crippen LogP) is 0.964. The lowest BCUT2D eigenvalue weighted by Gasteiger charge is -2.21. The van der Waals surface area contributed by atoms with Gasteiger partial charge < -0.3 is 15.1 Å². The van der Waals surface area contributed by atoms with E-state index in [-0.39, 0.29) is 11.5 Å². The zero-order valence-corrected chi connectivity index (χ0v) is 12.7. The van der Waals surface area contributed by atoms with Crippen LogP contribution in [-0.2, 0) is 11.3 Å². The first-order chi connectivity index (χ1) is 10.0. The van der Waals surface area contributed by atoms with Crippen LogP contribution in [0.4, 0.5) is 0 Å². The largest absolute Gasteiger partial charge is 0.369 e. The maximum atomic E-state index is 12.1. The number of nitrogens with zero attached hydrogens (tertiary/aromatic N) is 4. The van der Waals surface area contributed by atoms with Gasteiger partial charge in [0.15, 0.2) is 5.57 Å². The Balaban J connectivity index is 2.25. The Bertz CT molecular complexity index is 603. The average molecular weight is 306 g/mol. The van der Waals surface area contributed by atoms with Crippen molar-refractivity contribution in [3.05, 3.63) is 40.4 Å². The highest BCUT2D eigenvalue weighted by atomic mass is 35.5. The van der Waals surface area contributed by atoms with E-state index in [1.165, 1.54) is 4.90 Å². The number of pyridine rings is 1. The Kier molecular flexibility index (Phi) is 4.66. The molecule has 0 spiro atoms. The molecule has 1 N–H and O–H groups in total. The summed E-state index contributed by atoms with van der Waals surface area (Å²) in [5, 5.41) is 12.8. The summed E-state index contributed by atoms with van der Waals surface area (Å²) in [6, 6.07) is 5.60. The maximum Gasteiger partial charge on any atom is 0.267 e. The van der Waals surface area contributed by atoms with Gasteiger partial charge in [-0.1, -0.05) is 17.7 Å². The fourth-order valence-electron chi connectivity index (χ4n) is 2.08. The summed E-state index contributed by atoms with van der Waals surface area (Å²) in [7, 11) is 3.26. The second-order valence-corrected chi connectivity index (χ2v) is 5.26. The number of carbonyl (C=O) groups excluding carboxylic acids is 1. The average Bonchev–Trinajstić information content (AvgIpc) is 2.90. The number of amides is 1. The van der Waals surface area contributed by atoms with Gasteiger partial charge in [0, 0.05) is 39.9 Å². The molecule has 2 heterocycles. The molecule has 1 saturated heterocycles. The van der Waals surface area contributed by atoms with Gasteiger partial charge in [-0.05, 0) is 11.6 Å². The lowest BCUT2D eigenvalue weighted by molar-refractivity contribution is -0.124. The highest BCUT2D eigenvalue weighted by Gasteiger charge is 2.25. The van der Waals surface area contributed by atoms with Gasteiger partial charge in [-0.3, -0.25) is 4.79 Å². The van der Waals surface area contributed by atoms with E-state index in [1.54, 1.807) is 26.4 Å². The molecule has 0 atom stereocenters. The van der Waals surface area contributed by atoms with Gasteiger partial charge in [0.05, 0.1) is 0 Å². The van der Waals surface area contributed by atoms with Crippen LogP contribution in [0.5, 0.6) is 0 Å². The summed E-state index contributed by atoms with van der Waals surface area (Å²) in [5.74, 6) is 0.271. The molecule has 0 unspecified atom stereocenters. The number of carbonyl (C=O) groups is 1. The molecular formula is C14H16ClN5O. The molecule has 0 saturated carbocycles. The van der Waals surface area contributed by atoms with E-state index in [2.05, 4.69) is 10.3 Å². The molecule has 21 heavy (non-hydrogen) atoms. The Labute approximate surface area is 128 Å². The Morgan fingerprint density at radius 3 is 2.90 bits per heavy atom. The molecule has 1 aromatic heterocycles. The van der Waals surface area contributed by atoms with Crippen LogP contribution in [0.3, 0.4) is 0 Å². The Hall–Kier alpha value is -2.26. The normalized spacial score (nSPS) is 16.2. The predicted molar refractivity (Wildman–Crippen MR) is 79.0 cm³/mol. The highest BCUT2D eigenvalue weighted by molar-refractivity contribution is 6.29. The molecular weight excluding hydrogens is 290 g/mol. The van der Waals surface area contributed by atoms with Crippen LogP contribution in [0.1, 0.15) is 5.56 Å². The van der Waals surface area contributed by atoms with E-state index >= 15 is 0 Å². The number of likely N-dealkylation sites (N-methyl/N-ethyl adjacent to an activating group) is 1. The van der Waals surface area contributed by atoms with E-state index in [9.17, 15) is 10.1 Å². The van der Waals surface area contributed by atoms with Crippen LogP contribution in [-0.4, -0.2) is 47.9 Å². The first-order valence-electron chi connectivity index (χ1n) is 6.48. The standard InChI is InChI=1S/C14H16ClN5O/c1-19(2)14(21)11(7-16)13-17-5-6-20(13)9-10-3-4-12(15)18-8-10/h3-4,8,17H,5-6,9H2,1-2H3/b13-11+. The van der Waals surface area contributed by atoms with Crippen LogP contribution < -0.4 is 5.32 Å². The second kappa shape index (κ2) is 6.46. The van der Waals surface area contributed by atoms with Crippen LogP contribution in [0.2, 0.25) is 5.15 Å². The maximum absolute atomic E-state index is 12.1. The fraction of sp³-hybridized carbons (Fsp3) is 0.357. The number of hydrogen-bond donors (Lipinski definition) is 1. The lowest BCUT2D eigenvalue weighted by Crippen LogP contribution is -2.29. The van der Waals surface area contributed by atoms with Gasteiger partial charge in [-0.25, -0.2) is 4.98 Å². The third-order valence-electron chi connectivity index (χ3n) is 3.12. The Morgan fingerprint density at radius 1 is 1.57 bits per heavy atom. The molecule has 1 aromatic rings. The van der Waals surface area contributed by atoms with Gasteiger partial charge >= 0.3 is 0 Å². The van der Waals surface area contributed by atoms with Gasteiger partial charge in [0.1, 0.15) is 17.0 Å². The number of nitrogens with one attached hydrogen (secondary N) is 1. The summed E-state index contributed by atoms with van der Waals surface area (Å²) in [6.07, 6.45) is 1.69.